The zero-order valence-electron chi connectivity index (χ0n) is 16.8. The highest BCUT2D eigenvalue weighted by Gasteiger charge is 2.21. The van der Waals surface area contributed by atoms with E-state index < -0.39 is 0 Å². The van der Waals surface area contributed by atoms with Crippen molar-refractivity contribution < 1.29 is 0 Å². The standard InChI is InChI=1S/C24H21Cl2N3O/c1-27-9-8-22-20(14-27)19-6-4-17(13-23(19)28(22)2)29-10-7-15(11-24(29)30)18-5-3-16(25)12-21(18)26/h3-7,10-13H,8-9,14H2,1-2H3. The Balaban J connectivity index is 1.59. The number of rotatable bonds is 2. The van der Waals surface area contributed by atoms with Crippen molar-refractivity contribution in [1.29, 1.82) is 0 Å². The Hall–Kier alpha value is -2.53. The molecule has 0 atom stereocenters. The van der Waals surface area contributed by atoms with Crippen LogP contribution in [0.25, 0.3) is 27.7 Å². The van der Waals surface area contributed by atoms with Gasteiger partial charge < -0.3 is 9.47 Å². The third-order valence-corrected chi connectivity index (χ3v) is 6.57. The molecule has 3 heterocycles. The number of benzene rings is 2. The van der Waals surface area contributed by atoms with Crippen LogP contribution in [-0.4, -0.2) is 27.6 Å². The average Bonchev–Trinajstić information content (AvgIpc) is 2.99. The molecule has 4 aromatic rings. The lowest BCUT2D eigenvalue weighted by Gasteiger charge is -2.23. The SMILES string of the molecule is CN1CCc2c(c3ccc(-n4ccc(-c5ccc(Cl)cc5Cl)cc4=O)cc3n2C)C1. The molecule has 0 saturated heterocycles. The molecule has 6 heteroatoms. The fraction of sp³-hybridized carbons (Fsp3) is 0.208. The molecule has 4 nitrogen and oxygen atoms in total. The predicted molar refractivity (Wildman–Crippen MR) is 124 cm³/mol. The maximum absolute atomic E-state index is 12.9. The largest absolute Gasteiger partial charge is 0.347 e. The first kappa shape index (κ1) is 19.4. The lowest BCUT2D eigenvalue weighted by atomic mass is 10.0. The van der Waals surface area contributed by atoms with E-state index in [1.807, 2.05) is 18.2 Å². The first-order chi connectivity index (χ1) is 14.4. The van der Waals surface area contributed by atoms with Gasteiger partial charge in [0.25, 0.3) is 5.56 Å². The molecule has 0 unspecified atom stereocenters. The summed E-state index contributed by atoms with van der Waals surface area (Å²) in [7, 11) is 4.27. The normalized spacial score (nSPS) is 14.3. The van der Waals surface area contributed by atoms with Crippen molar-refractivity contribution in [3.8, 4) is 16.8 Å². The van der Waals surface area contributed by atoms with Gasteiger partial charge in [0.1, 0.15) is 0 Å². The van der Waals surface area contributed by atoms with Crippen molar-refractivity contribution in [1.82, 2.24) is 14.0 Å². The molecule has 0 bridgehead atoms. The Bertz CT molecular complexity index is 1350. The van der Waals surface area contributed by atoms with Gasteiger partial charge in [-0.25, -0.2) is 0 Å². The minimum absolute atomic E-state index is 0.100. The molecule has 0 radical (unpaired) electrons. The minimum Gasteiger partial charge on any atom is -0.347 e. The minimum atomic E-state index is -0.100. The quantitative estimate of drug-likeness (QED) is 0.426. The fourth-order valence-corrected chi connectivity index (χ4v) is 4.95. The Kier molecular flexibility index (Phi) is 4.73. The number of aromatic nitrogens is 2. The summed E-state index contributed by atoms with van der Waals surface area (Å²) < 4.78 is 3.94. The number of hydrogen-bond donors (Lipinski definition) is 0. The van der Waals surface area contributed by atoms with Crippen molar-refractivity contribution in [3.63, 3.8) is 0 Å². The zero-order valence-corrected chi connectivity index (χ0v) is 18.3. The monoisotopic (exact) mass is 437 g/mol. The van der Waals surface area contributed by atoms with Crippen LogP contribution in [0, 0.1) is 0 Å². The lowest BCUT2D eigenvalue weighted by Crippen LogP contribution is -2.26. The van der Waals surface area contributed by atoms with Gasteiger partial charge >= 0.3 is 0 Å². The second-order valence-electron chi connectivity index (χ2n) is 7.92. The van der Waals surface area contributed by atoms with E-state index in [0.29, 0.717) is 10.0 Å². The van der Waals surface area contributed by atoms with Crippen molar-refractivity contribution >= 4 is 34.1 Å². The van der Waals surface area contributed by atoms with Crippen molar-refractivity contribution in [2.24, 2.45) is 7.05 Å². The molecule has 5 rings (SSSR count). The predicted octanol–water partition coefficient (Wildman–Crippen LogP) is 5.29. The van der Waals surface area contributed by atoms with Gasteiger partial charge in [-0.2, -0.15) is 0 Å². The van der Waals surface area contributed by atoms with Gasteiger partial charge in [-0.05, 0) is 48.5 Å². The molecular formula is C24H21Cl2N3O. The van der Waals surface area contributed by atoms with E-state index in [0.717, 1.165) is 41.8 Å². The molecule has 1 aliphatic rings. The van der Waals surface area contributed by atoms with E-state index in [1.54, 1.807) is 29.0 Å². The molecule has 2 aromatic heterocycles. The van der Waals surface area contributed by atoms with Crippen molar-refractivity contribution in [3.05, 3.63) is 86.4 Å². The maximum Gasteiger partial charge on any atom is 0.255 e. The highest BCUT2D eigenvalue weighted by Crippen LogP contribution is 2.32. The number of hydrogen-bond acceptors (Lipinski definition) is 2. The van der Waals surface area contributed by atoms with Crippen LogP contribution in [0.3, 0.4) is 0 Å². The number of halogens is 2. The van der Waals surface area contributed by atoms with Crippen LogP contribution in [0.4, 0.5) is 0 Å². The van der Waals surface area contributed by atoms with Crippen molar-refractivity contribution in [2.45, 2.75) is 13.0 Å². The van der Waals surface area contributed by atoms with Crippen molar-refractivity contribution in [2.75, 3.05) is 13.6 Å². The molecular weight excluding hydrogens is 417 g/mol. The highest BCUT2D eigenvalue weighted by molar-refractivity contribution is 6.36. The van der Waals surface area contributed by atoms with E-state index in [4.69, 9.17) is 23.2 Å². The van der Waals surface area contributed by atoms with Gasteiger partial charge in [0.2, 0.25) is 0 Å². The first-order valence-electron chi connectivity index (χ1n) is 9.89. The Morgan fingerprint density at radius 1 is 0.967 bits per heavy atom. The van der Waals surface area contributed by atoms with E-state index in [-0.39, 0.29) is 5.56 Å². The molecule has 152 valence electrons. The summed E-state index contributed by atoms with van der Waals surface area (Å²) in [5.74, 6) is 0. The molecule has 2 aromatic carbocycles. The molecule has 0 spiro atoms. The molecule has 0 amide bonds. The number of aryl methyl sites for hydroxylation is 1. The van der Waals surface area contributed by atoms with Gasteiger partial charge in [0, 0.05) is 65.5 Å². The van der Waals surface area contributed by atoms with Gasteiger partial charge in [0.05, 0.1) is 11.2 Å². The summed E-state index contributed by atoms with van der Waals surface area (Å²) in [6.45, 7) is 2.03. The third kappa shape index (κ3) is 3.16. The Morgan fingerprint density at radius 3 is 2.57 bits per heavy atom. The number of fused-ring (bicyclic) bond motifs is 3. The third-order valence-electron chi connectivity index (χ3n) is 6.02. The van der Waals surface area contributed by atoms with Gasteiger partial charge in [0.15, 0.2) is 0 Å². The summed E-state index contributed by atoms with van der Waals surface area (Å²) in [4.78, 5) is 15.3. The van der Waals surface area contributed by atoms with Crippen LogP contribution in [0.15, 0.2) is 59.5 Å². The van der Waals surface area contributed by atoms with Crippen LogP contribution in [0.5, 0.6) is 0 Å². The Labute approximate surface area is 184 Å². The van der Waals surface area contributed by atoms with Gasteiger partial charge in [-0.3, -0.25) is 9.36 Å². The summed E-state index contributed by atoms with van der Waals surface area (Å²) >= 11 is 12.3. The fourth-order valence-electron chi connectivity index (χ4n) is 4.43. The van der Waals surface area contributed by atoms with E-state index in [2.05, 4.69) is 35.7 Å². The van der Waals surface area contributed by atoms with E-state index in [9.17, 15) is 4.79 Å². The Morgan fingerprint density at radius 2 is 1.80 bits per heavy atom. The van der Waals surface area contributed by atoms with E-state index >= 15 is 0 Å². The molecule has 0 aliphatic carbocycles. The van der Waals surface area contributed by atoms with Crippen LogP contribution in [0.2, 0.25) is 10.0 Å². The average molecular weight is 438 g/mol. The van der Waals surface area contributed by atoms with Crippen LogP contribution in [-0.2, 0) is 20.0 Å². The summed E-state index contributed by atoms with van der Waals surface area (Å²) in [6.07, 6.45) is 2.85. The van der Waals surface area contributed by atoms with Crippen LogP contribution < -0.4 is 5.56 Å². The molecule has 0 fully saturated rings. The zero-order chi connectivity index (χ0) is 21.0. The van der Waals surface area contributed by atoms with Gasteiger partial charge in [-0.1, -0.05) is 35.3 Å². The molecule has 0 saturated carbocycles. The topological polar surface area (TPSA) is 30.2 Å². The number of pyridine rings is 1. The number of likely N-dealkylation sites (N-methyl/N-ethyl adjacent to an activating group) is 1. The molecule has 1 aliphatic heterocycles. The second kappa shape index (κ2) is 7.31. The lowest BCUT2D eigenvalue weighted by molar-refractivity contribution is 0.310. The summed E-state index contributed by atoms with van der Waals surface area (Å²) in [5, 5.41) is 2.36. The molecule has 30 heavy (non-hydrogen) atoms. The number of nitrogens with zero attached hydrogens (tertiary/aromatic N) is 3. The summed E-state index contributed by atoms with van der Waals surface area (Å²) in [6, 6.07) is 15.1. The smallest absolute Gasteiger partial charge is 0.255 e. The second-order valence-corrected chi connectivity index (χ2v) is 8.76. The van der Waals surface area contributed by atoms with Gasteiger partial charge in [-0.15, -0.1) is 0 Å². The van der Waals surface area contributed by atoms with Crippen LogP contribution in [0.1, 0.15) is 11.3 Å². The highest BCUT2D eigenvalue weighted by atomic mass is 35.5. The maximum atomic E-state index is 12.9. The van der Waals surface area contributed by atoms with E-state index in [1.165, 1.54) is 16.6 Å². The van der Waals surface area contributed by atoms with Crippen LogP contribution >= 0.6 is 23.2 Å². The molecule has 0 N–H and O–H groups in total. The first-order valence-corrected chi connectivity index (χ1v) is 10.7. The summed E-state index contributed by atoms with van der Waals surface area (Å²) in [5.41, 5.74) is 6.26.